The molecule has 0 atom stereocenters. The Balaban J connectivity index is 1.55. The van der Waals surface area contributed by atoms with Crippen molar-refractivity contribution in [2.45, 2.75) is 37.0 Å². The van der Waals surface area contributed by atoms with Crippen molar-refractivity contribution in [3.8, 4) is 11.5 Å². The summed E-state index contributed by atoms with van der Waals surface area (Å²) >= 11 is 0. The molecule has 2 aromatic rings. The van der Waals surface area contributed by atoms with Crippen LogP contribution in [0.2, 0.25) is 0 Å². The van der Waals surface area contributed by atoms with Crippen molar-refractivity contribution < 1.29 is 17.9 Å². The maximum atomic E-state index is 12.5. The van der Waals surface area contributed by atoms with E-state index in [-0.39, 0.29) is 11.3 Å². The van der Waals surface area contributed by atoms with Gasteiger partial charge in [-0.05, 0) is 31.7 Å². The van der Waals surface area contributed by atoms with Gasteiger partial charge in [0.2, 0.25) is 10.0 Å². The van der Waals surface area contributed by atoms with E-state index in [1.807, 2.05) is 12.1 Å². The molecule has 8 nitrogen and oxygen atoms in total. The van der Waals surface area contributed by atoms with E-state index in [0.29, 0.717) is 11.5 Å². The second-order valence-electron chi connectivity index (χ2n) is 7.40. The number of benzene rings is 1. The van der Waals surface area contributed by atoms with Gasteiger partial charge < -0.3 is 14.4 Å². The molecule has 2 heterocycles. The topological polar surface area (TPSA) is 84.9 Å². The van der Waals surface area contributed by atoms with Gasteiger partial charge in [-0.25, -0.2) is 22.7 Å². The minimum absolute atomic E-state index is 0.0459. The summed E-state index contributed by atoms with van der Waals surface area (Å²) in [4.78, 5) is 11.1. The first kappa shape index (κ1) is 19.2. The van der Waals surface area contributed by atoms with E-state index in [9.17, 15) is 8.42 Å². The summed E-state index contributed by atoms with van der Waals surface area (Å²) in [6.07, 6.45) is 4.70. The third kappa shape index (κ3) is 3.37. The Morgan fingerprint density at radius 3 is 2.29 bits per heavy atom. The van der Waals surface area contributed by atoms with Gasteiger partial charge in [-0.1, -0.05) is 0 Å². The van der Waals surface area contributed by atoms with Crippen molar-refractivity contribution in [3.63, 3.8) is 0 Å². The number of ether oxygens (including phenoxy) is 2. The number of fused-ring (bicyclic) bond motifs is 1. The van der Waals surface area contributed by atoms with Gasteiger partial charge in [0.05, 0.1) is 25.0 Å². The van der Waals surface area contributed by atoms with Gasteiger partial charge >= 0.3 is 0 Å². The fraction of sp³-hybridized carbons (Fsp3) is 0.579. The van der Waals surface area contributed by atoms with Crippen molar-refractivity contribution in [1.29, 1.82) is 0 Å². The summed E-state index contributed by atoms with van der Waals surface area (Å²) in [5.74, 6) is 2.11. The van der Waals surface area contributed by atoms with Crippen LogP contribution in [0, 0.1) is 0 Å². The molecule has 152 valence electrons. The number of nitrogens with zero attached hydrogens (tertiary/aromatic N) is 4. The molecule has 1 aliphatic heterocycles. The van der Waals surface area contributed by atoms with Crippen molar-refractivity contribution in [1.82, 2.24) is 14.3 Å². The van der Waals surface area contributed by atoms with Crippen molar-refractivity contribution in [2.75, 3.05) is 39.3 Å². The molecule has 1 aromatic carbocycles. The monoisotopic (exact) mass is 406 g/mol. The van der Waals surface area contributed by atoms with Crippen LogP contribution in [0.1, 0.15) is 25.7 Å². The molecule has 1 saturated carbocycles. The Hall–Kier alpha value is -2.13. The van der Waals surface area contributed by atoms with Crippen molar-refractivity contribution >= 4 is 26.7 Å². The number of anilines is 1. The van der Waals surface area contributed by atoms with E-state index in [2.05, 4.69) is 14.9 Å². The second kappa shape index (κ2) is 7.36. The Bertz CT molecular complexity index is 969. The van der Waals surface area contributed by atoms with E-state index in [0.717, 1.165) is 55.5 Å². The zero-order valence-corrected chi connectivity index (χ0v) is 17.3. The van der Waals surface area contributed by atoms with Crippen LogP contribution in [-0.4, -0.2) is 68.3 Å². The number of hydrogen-bond donors (Lipinski definition) is 0. The maximum absolute atomic E-state index is 12.5. The maximum Gasteiger partial charge on any atom is 0.216 e. The van der Waals surface area contributed by atoms with Crippen LogP contribution < -0.4 is 14.4 Å². The third-order valence-electron chi connectivity index (χ3n) is 5.74. The Labute approximate surface area is 165 Å². The quantitative estimate of drug-likeness (QED) is 0.726. The Morgan fingerprint density at radius 2 is 1.68 bits per heavy atom. The molecule has 9 heteroatoms. The molecule has 0 amide bonds. The smallest absolute Gasteiger partial charge is 0.216 e. The van der Waals surface area contributed by atoms with E-state index in [1.54, 1.807) is 31.9 Å². The first-order chi connectivity index (χ1) is 13.5. The van der Waals surface area contributed by atoms with Gasteiger partial charge in [-0.2, -0.15) is 0 Å². The summed E-state index contributed by atoms with van der Waals surface area (Å²) in [6, 6.07) is 3.80. The molecule has 0 bridgehead atoms. The molecule has 28 heavy (non-hydrogen) atoms. The number of rotatable bonds is 6. The highest BCUT2D eigenvalue weighted by Gasteiger charge is 2.41. The number of sulfonamides is 1. The average Bonchev–Trinajstić information content (AvgIpc) is 3.57. The van der Waals surface area contributed by atoms with Crippen molar-refractivity contribution in [2.24, 2.45) is 0 Å². The van der Waals surface area contributed by atoms with Gasteiger partial charge in [0.25, 0.3) is 0 Å². The summed E-state index contributed by atoms with van der Waals surface area (Å²) in [5, 5.41) is 0.737. The summed E-state index contributed by atoms with van der Waals surface area (Å²) < 4.78 is 37.4. The van der Waals surface area contributed by atoms with Gasteiger partial charge in [0, 0.05) is 37.6 Å². The summed E-state index contributed by atoms with van der Waals surface area (Å²) in [5.41, 5.74) is 0.790. The molecule has 2 aliphatic rings. The van der Waals surface area contributed by atoms with Crippen LogP contribution in [0.25, 0.3) is 10.9 Å². The third-order valence-corrected chi connectivity index (χ3v) is 8.16. The molecular weight excluding hydrogens is 380 g/mol. The minimum atomic E-state index is -3.14. The lowest BCUT2D eigenvalue weighted by molar-refractivity contribution is 0.311. The van der Waals surface area contributed by atoms with Gasteiger partial charge in [-0.3, -0.25) is 0 Å². The fourth-order valence-electron chi connectivity index (χ4n) is 3.87. The Kier molecular flexibility index (Phi) is 5.05. The molecule has 0 unspecified atom stereocenters. The fourth-order valence-corrected chi connectivity index (χ4v) is 5.70. The largest absolute Gasteiger partial charge is 0.493 e. The van der Waals surface area contributed by atoms with Crippen molar-refractivity contribution in [3.05, 3.63) is 18.5 Å². The van der Waals surface area contributed by atoms with E-state index in [4.69, 9.17) is 9.47 Å². The lowest BCUT2D eigenvalue weighted by atomic mass is 10.0. The molecule has 4 rings (SSSR count). The van der Waals surface area contributed by atoms with Gasteiger partial charge in [-0.15, -0.1) is 0 Å². The minimum Gasteiger partial charge on any atom is -0.493 e. The Morgan fingerprint density at radius 1 is 1.04 bits per heavy atom. The molecule has 0 N–H and O–H groups in total. The number of hydrogen-bond acceptors (Lipinski definition) is 7. The predicted octanol–water partition coefficient (Wildman–Crippen LogP) is 2.04. The van der Waals surface area contributed by atoms with Crippen LogP contribution in [0.5, 0.6) is 11.5 Å². The highest BCUT2D eigenvalue weighted by Crippen LogP contribution is 2.36. The van der Waals surface area contributed by atoms with E-state index < -0.39 is 10.0 Å². The van der Waals surface area contributed by atoms with Gasteiger partial charge in [0.15, 0.2) is 11.5 Å². The van der Waals surface area contributed by atoms with Crippen LogP contribution in [-0.2, 0) is 10.0 Å². The SMILES string of the molecule is COc1cc2ncnc(N3CCC(N(C)S(=O)(=O)C4CC4)CC3)c2cc1OC. The molecule has 1 saturated heterocycles. The molecular formula is C19H26N4O4S. The molecule has 0 radical (unpaired) electrons. The zero-order chi connectivity index (χ0) is 19.9. The van der Waals surface area contributed by atoms with Crippen LogP contribution >= 0.6 is 0 Å². The van der Waals surface area contributed by atoms with Gasteiger partial charge in [0.1, 0.15) is 12.1 Å². The number of methoxy groups -OCH3 is 2. The normalized spacial score (nSPS) is 18.6. The van der Waals surface area contributed by atoms with Crippen LogP contribution in [0.4, 0.5) is 5.82 Å². The first-order valence-electron chi connectivity index (χ1n) is 9.54. The molecule has 0 spiro atoms. The standard InChI is InChI=1S/C19H26N4O4S/c1-22(28(24,25)14-4-5-14)13-6-8-23(9-7-13)19-15-10-17(26-2)18(27-3)11-16(15)20-12-21-19/h10-14H,4-9H2,1-3H3. The predicted molar refractivity (Wildman–Crippen MR) is 108 cm³/mol. The lowest BCUT2D eigenvalue weighted by Crippen LogP contribution is -2.46. The molecule has 2 fully saturated rings. The lowest BCUT2D eigenvalue weighted by Gasteiger charge is -2.37. The average molecular weight is 407 g/mol. The summed E-state index contributed by atoms with van der Waals surface area (Å²) in [7, 11) is 1.79. The number of piperidine rings is 1. The first-order valence-corrected chi connectivity index (χ1v) is 11.0. The van der Waals surface area contributed by atoms with Crippen LogP contribution in [0.3, 0.4) is 0 Å². The molecule has 1 aliphatic carbocycles. The zero-order valence-electron chi connectivity index (χ0n) is 16.5. The van der Waals surface area contributed by atoms with Crippen LogP contribution in [0.15, 0.2) is 18.5 Å². The van der Waals surface area contributed by atoms with E-state index in [1.165, 1.54) is 0 Å². The summed E-state index contributed by atoms with van der Waals surface area (Å²) in [6.45, 7) is 1.49. The highest BCUT2D eigenvalue weighted by atomic mass is 32.2. The second-order valence-corrected chi connectivity index (χ2v) is 9.67. The van der Waals surface area contributed by atoms with E-state index >= 15 is 0 Å². The number of aromatic nitrogens is 2. The molecule has 1 aromatic heterocycles. The highest BCUT2D eigenvalue weighted by molar-refractivity contribution is 7.90.